The molecule has 0 unspecified atom stereocenters. The Balaban J connectivity index is 2.05. The molecule has 2 aromatic rings. The van der Waals surface area contributed by atoms with Gasteiger partial charge in [-0.2, -0.15) is 5.10 Å². The predicted octanol–water partition coefficient (Wildman–Crippen LogP) is 3.50. The minimum atomic E-state index is -0.255. The van der Waals surface area contributed by atoms with Gasteiger partial charge in [-0.15, -0.1) is 0 Å². The maximum Gasteiger partial charge on any atom is 0.271 e. The minimum absolute atomic E-state index is 0.255. The van der Waals surface area contributed by atoms with Gasteiger partial charge in [-0.05, 0) is 50.2 Å². The van der Waals surface area contributed by atoms with Gasteiger partial charge in [0, 0.05) is 10.0 Å². The van der Waals surface area contributed by atoms with Crippen molar-refractivity contribution in [1.82, 2.24) is 5.43 Å². The molecule has 1 aromatic carbocycles. The van der Waals surface area contributed by atoms with Gasteiger partial charge in [-0.25, -0.2) is 5.43 Å². The third kappa shape index (κ3) is 3.54. The number of benzene rings is 1. The third-order valence-electron chi connectivity index (χ3n) is 2.53. The molecule has 1 amide bonds. The Kier molecular flexibility index (Phi) is 4.16. The van der Waals surface area contributed by atoms with Gasteiger partial charge in [0.2, 0.25) is 0 Å². The van der Waals surface area contributed by atoms with Crippen LogP contribution in [0.4, 0.5) is 0 Å². The van der Waals surface area contributed by atoms with E-state index in [-0.39, 0.29) is 5.91 Å². The summed E-state index contributed by atoms with van der Waals surface area (Å²) in [7, 11) is 0. The Morgan fingerprint density at radius 2 is 1.89 bits per heavy atom. The molecular formula is C14H13BrN2O2. The molecule has 0 aliphatic carbocycles. The fourth-order valence-electron chi connectivity index (χ4n) is 1.48. The molecule has 0 aliphatic heterocycles. The first-order chi connectivity index (χ1) is 9.06. The van der Waals surface area contributed by atoms with Crippen LogP contribution in [0.15, 0.2) is 50.4 Å². The quantitative estimate of drug-likeness (QED) is 0.695. The highest BCUT2D eigenvalue weighted by Crippen LogP contribution is 2.10. The Morgan fingerprint density at radius 3 is 2.47 bits per heavy atom. The lowest BCUT2D eigenvalue weighted by Gasteiger charge is -2.01. The van der Waals surface area contributed by atoms with Gasteiger partial charge in [0.25, 0.3) is 5.91 Å². The highest BCUT2D eigenvalue weighted by molar-refractivity contribution is 9.10. The number of hydrogen-bond acceptors (Lipinski definition) is 3. The van der Waals surface area contributed by atoms with Crippen LogP contribution in [0.3, 0.4) is 0 Å². The van der Waals surface area contributed by atoms with Crippen molar-refractivity contribution in [2.24, 2.45) is 5.10 Å². The third-order valence-corrected chi connectivity index (χ3v) is 3.06. The first-order valence-corrected chi connectivity index (χ1v) is 6.52. The van der Waals surface area contributed by atoms with Crippen molar-refractivity contribution in [2.45, 2.75) is 13.8 Å². The van der Waals surface area contributed by atoms with Gasteiger partial charge in [-0.3, -0.25) is 4.79 Å². The fraction of sp³-hybridized carbons (Fsp3) is 0.143. The normalized spacial score (nSPS) is 11.4. The lowest BCUT2D eigenvalue weighted by Crippen LogP contribution is -2.19. The molecular weight excluding hydrogens is 308 g/mol. The van der Waals surface area contributed by atoms with E-state index in [9.17, 15) is 4.79 Å². The maximum absolute atomic E-state index is 11.8. The maximum atomic E-state index is 11.8. The summed E-state index contributed by atoms with van der Waals surface area (Å²) in [5.41, 5.74) is 3.67. The van der Waals surface area contributed by atoms with E-state index in [0.717, 1.165) is 10.2 Å². The van der Waals surface area contributed by atoms with E-state index in [1.165, 1.54) is 0 Å². The van der Waals surface area contributed by atoms with E-state index in [0.29, 0.717) is 17.0 Å². The van der Waals surface area contributed by atoms with Crippen LogP contribution in [-0.4, -0.2) is 11.6 Å². The number of nitrogens with one attached hydrogen (secondary N) is 1. The molecule has 0 saturated heterocycles. The molecule has 0 radical (unpaired) electrons. The van der Waals surface area contributed by atoms with Crippen LogP contribution < -0.4 is 5.43 Å². The molecule has 0 atom stereocenters. The van der Waals surface area contributed by atoms with Crippen molar-refractivity contribution in [3.8, 4) is 0 Å². The van der Waals surface area contributed by atoms with Crippen molar-refractivity contribution in [2.75, 3.05) is 0 Å². The zero-order valence-corrected chi connectivity index (χ0v) is 12.2. The number of aryl methyl sites for hydroxylation is 1. The lowest BCUT2D eigenvalue weighted by molar-refractivity contribution is 0.0955. The molecule has 1 N–H and O–H groups in total. The van der Waals surface area contributed by atoms with E-state index >= 15 is 0 Å². The van der Waals surface area contributed by atoms with Crippen molar-refractivity contribution < 1.29 is 9.21 Å². The molecule has 2 rings (SSSR count). The van der Waals surface area contributed by atoms with Gasteiger partial charge < -0.3 is 4.42 Å². The molecule has 0 bridgehead atoms. The number of carbonyl (C=O) groups excluding carboxylic acids is 1. The molecule has 0 fully saturated rings. The zero-order valence-electron chi connectivity index (χ0n) is 10.6. The van der Waals surface area contributed by atoms with Crippen LogP contribution in [0.2, 0.25) is 0 Å². The summed E-state index contributed by atoms with van der Waals surface area (Å²) in [6.07, 6.45) is 0. The second-order valence-electron chi connectivity index (χ2n) is 4.06. The molecule has 1 aromatic heterocycles. The Morgan fingerprint density at radius 1 is 1.21 bits per heavy atom. The molecule has 1 heterocycles. The summed E-state index contributed by atoms with van der Waals surface area (Å²) in [6, 6.07) is 10.7. The number of amides is 1. The number of hydrazone groups is 1. The smallest absolute Gasteiger partial charge is 0.271 e. The topological polar surface area (TPSA) is 54.6 Å². The number of hydrogen-bond donors (Lipinski definition) is 1. The first kappa shape index (κ1) is 13.5. The summed E-state index contributed by atoms with van der Waals surface area (Å²) >= 11 is 3.32. The monoisotopic (exact) mass is 320 g/mol. The van der Waals surface area contributed by atoms with Gasteiger partial charge in [0.15, 0.2) is 0 Å². The van der Waals surface area contributed by atoms with Gasteiger partial charge in [0.05, 0.1) is 0 Å². The highest BCUT2D eigenvalue weighted by Gasteiger charge is 2.06. The molecule has 5 heteroatoms. The summed E-state index contributed by atoms with van der Waals surface area (Å²) < 4.78 is 6.34. The largest absolute Gasteiger partial charge is 0.460 e. The van der Waals surface area contributed by atoms with Crippen LogP contribution in [-0.2, 0) is 0 Å². The van der Waals surface area contributed by atoms with E-state index in [2.05, 4.69) is 26.5 Å². The summed E-state index contributed by atoms with van der Waals surface area (Å²) in [6.45, 7) is 3.64. The van der Waals surface area contributed by atoms with E-state index in [1.807, 2.05) is 19.1 Å². The fourth-order valence-corrected chi connectivity index (χ4v) is 1.75. The van der Waals surface area contributed by atoms with E-state index < -0.39 is 0 Å². The van der Waals surface area contributed by atoms with Crippen molar-refractivity contribution in [3.63, 3.8) is 0 Å². The SMILES string of the molecule is CC(=NNC(=O)c1ccc(Br)cc1)c1ccc(C)o1. The van der Waals surface area contributed by atoms with Crippen molar-refractivity contribution in [3.05, 3.63) is 58.0 Å². The summed E-state index contributed by atoms with van der Waals surface area (Å²) in [5, 5.41) is 4.02. The number of nitrogens with zero attached hydrogens (tertiary/aromatic N) is 1. The molecule has 4 nitrogen and oxygen atoms in total. The first-order valence-electron chi connectivity index (χ1n) is 5.73. The van der Waals surface area contributed by atoms with Crippen molar-refractivity contribution >= 4 is 27.5 Å². The minimum Gasteiger partial charge on any atom is -0.460 e. The van der Waals surface area contributed by atoms with Gasteiger partial charge in [0.1, 0.15) is 17.2 Å². The molecule has 0 spiro atoms. The van der Waals surface area contributed by atoms with Crippen LogP contribution in [0.5, 0.6) is 0 Å². The molecule has 0 aliphatic rings. The highest BCUT2D eigenvalue weighted by atomic mass is 79.9. The van der Waals surface area contributed by atoms with Crippen LogP contribution >= 0.6 is 15.9 Å². The molecule has 19 heavy (non-hydrogen) atoms. The van der Waals surface area contributed by atoms with Gasteiger partial charge >= 0.3 is 0 Å². The predicted molar refractivity (Wildman–Crippen MR) is 77.3 cm³/mol. The van der Waals surface area contributed by atoms with Crippen LogP contribution in [0.25, 0.3) is 0 Å². The number of rotatable bonds is 3. The second-order valence-corrected chi connectivity index (χ2v) is 4.97. The van der Waals surface area contributed by atoms with Gasteiger partial charge in [-0.1, -0.05) is 15.9 Å². The number of halogens is 1. The summed E-state index contributed by atoms with van der Waals surface area (Å²) in [5.74, 6) is 1.20. The van der Waals surface area contributed by atoms with E-state index in [4.69, 9.17) is 4.42 Å². The van der Waals surface area contributed by atoms with Crippen molar-refractivity contribution in [1.29, 1.82) is 0 Å². The lowest BCUT2D eigenvalue weighted by atomic mass is 10.2. The second kappa shape index (κ2) is 5.84. The molecule has 0 saturated carbocycles. The Bertz CT molecular complexity index is 615. The average Bonchev–Trinajstić information content (AvgIpc) is 2.83. The number of furan rings is 1. The standard InChI is InChI=1S/C14H13BrN2O2/c1-9-3-8-13(19-9)10(2)16-17-14(18)11-4-6-12(15)7-5-11/h3-8H,1-2H3,(H,17,18). The number of carbonyl (C=O) groups is 1. The average molecular weight is 321 g/mol. The Hall–Kier alpha value is -1.88. The summed E-state index contributed by atoms with van der Waals surface area (Å²) in [4.78, 5) is 11.8. The van der Waals surface area contributed by atoms with E-state index in [1.54, 1.807) is 31.2 Å². The molecule has 98 valence electrons. The zero-order chi connectivity index (χ0) is 13.8. The van der Waals surface area contributed by atoms with Crippen LogP contribution in [0.1, 0.15) is 28.8 Å². The van der Waals surface area contributed by atoms with Crippen LogP contribution in [0, 0.1) is 6.92 Å². The Labute approximate surface area is 119 Å².